The molecule has 0 bridgehead atoms. The number of nitrogens with zero attached hydrogens (tertiary/aromatic N) is 1. The standard InChI is InChI=1S/C21H27NO5S/c1-3-5-15-27-19-11-13-20(14-12-19)28(24,25)22(17-21(23)26-4-2)16-18-9-7-6-8-10-18/h6-14H,3-5,15-17H2,1-2H3. The van der Waals surface area contributed by atoms with Gasteiger partial charge in [0.15, 0.2) is 0 Å². The van der Waals surface area contributed by atoms with Crippen LogP contribution >= 0.6 is 0 Å². The van der Waals surface area contributed by atoms with Crippen LogP contribution in [0.4, 0.5) is 0 Å². The summed E-state index contributed by atoms with van der Waals surface area (Å²) < 4.78 is 37.9. The summed E-state index contributed by atoms with van der Waals surface area (Å²) in [6, 6.07) is 15.4. The van der Waals surface area contributed by atoms with Crippen molar-refractivity contribution in [3.63, 3.8) is 0 Å². The number of esters is 1. The van der Waals surface area contributed by atoms with Crippen LogP contribution in [0.5, 0.6) is 5.75 Å². The zero-order chi connectivity index (χ0) is 20.4. The molecule has 0 heterocycles. The molecule has 0 saturated heterocycles. The predicted octanol–water partition coefficient (Wildman–Crippen LogP) is 3.62. The minimum atomic E-state index is -3.88. The number of unbranched alkanes of at least 4 members (excludes halogenated alkanes) is 1. The number of sulfonamides is 1. The average molecular weight is 406 g/mol. The molecule has 0 aliphatic carbocycles. The normalized spacial score (nSPS) is 11.4. The van der Waals surface area contributed by atoms with Gasteiger partial charge in [-0.3, -0.25) is 4.79 Å². The number of hydrogen-bond acceptors (Lipinski definition) is 5. The van der Waals surface area contributed by atoms with Gasteiger partial charge in [-0.25, -0.2) is 8.42 Å². The third kappa shape index (κ3) is 6.35. The van der Waals surface area contributed by atoms with Crippen LogP contribution in [0.3, 0.4) is 0 Å². The molecule has 2 aromatic rings. The topological polar surface area (TPSA) is 72.9 Å². The Bertz CT molecular complexity index is 835. The number of carbonyl (C=O) groups is 1. The monoisotopic (exact) mass is 405 g/mol. The zero-order valence-electron chi connectivity index (χ0n) is 16.3. The lowest BCUT2D eigenvalue weighted by Crippen LogP contribution is -2.36. The van der Waals surface area contributed by atoms with E-state index in [-0.39, 0.29) is 24.6 Å². The summed E-state index contributed by atoms with van der Waals surface area (Å²) in [6.45, 7) is 4.28. The number of ether oxygens (including phenoxy) is 2. The van der Waals surface area contributed by atoms with Gasteiger partial charge in [-0.05, 0) is 43.2 Å². The highest BCUT2D eigenvalue weighted by Gasteiger charge is 2.27. The summed E-state index contributed by atoms with van der Waals surface area (Å²) in [5, 5.41) is 0. The van der Waals surface area contributed by atoms with E-state index in [0.29, 0.717) is 12.4 Å². The second kappa shape index (κ2) is 10.8. The fourth-order valence-corrected chi connectivity index (χ4v) is 3.93. The molecule has 0 spiro atoms. The van der Waals surface area contributed by atoms with Crippen molar-refractivity contribution < 1.29 is 22.7 Å². The van der Waals surface area contributed by atoms with Gasteiger partial charge in [-0.1, -0.05) is 43.7 Å². The zero-order valence-corrected chi connectivity index (χ0v) is 17.2. The second-order valence-corrected chi connectivity index (χ2v) is 8.18. The maximum Gasteiger partial charge on any atom is 0.321 e. The minimum Gasteiger partial charge on any atom is -0.494 e. The summed E-state index contributed by atoms with van der Waals surface area (Å²) in [5.74, 6) is 0.0360. The molecule has 7 heteroatoms. The van der Waals surface area contributed by atoms with Crippen molar-refractivity contribution in [1.82, 2.24) is 4.31 Å². The Morgan fingerprint density at radius 2 is 1.68 bits per heavy atom. The molecular weight excluding hydrogens is 378 g/mol. The molecule has 2 aromatic carbocycles. The predicted molar refractivity (Wildman–Crippen MR) is 108 cm³/mol. The van der Waals surface area contributed by atoms with E-state index in [1.165, 1.54) is 12.1 Å². The van der Waals surface area contributed by atoms with Crippen LogP contribution in [0, 0.1) is 0 Å². The van der Waals surface area contributed by atoms with Crippen molar-refractivity contribution in [3.8, 4) is 5.75 Å². The Morgan fingerprint density at radius 3 is 2.29 bits per heavy atom. The smallest absolute Gasteiger partial charge is 0.321 e. The molecule has 0 aromatic heterocycles. The van der Waals surface area contributed by atoms with Gasteiger partial charge in [0.05, 0.1) is 18.1 Å². The number of hydrogen-bond donors (Lipinski definition) is 0. The molecule has 0 radical (unpaired) electrons. The Balaban J connectivity index is 2.22. The van der Waals surface area contributed by atoms with Crippen molar-refractivity contribution in [2.45, 2.75) is 38.1 Å². The Labute approximate surface area is 167 Å². The Kier molecular flexibility index (Phi) is 8.47. The molecule has 0 amide bonds. The second-order valence-electron chi connectivity index (χ2n) is 6.24. The number of benzene rings is 2. The molecule has 0 aliphatic heterocycles. The van der Waals surface area contributed by atoms with Crippen LogP contribution in [0.25, 0.3) is 0 Å². The van der Waals surface area contributed by atoms with E-state index in [1.54, 1.807) is 19.1 Å². The Morgan fingerprint density at radius 1 is 1.00 bits per heavy atom. The molecule has 152 valence electrons. The molecule has 2 rings (SSSR count). The molecule has 0 N–H and O–H groups in total. The molecule has 0 fully saturated rings. The van der Waals surface area contributed by atoms with E-state index in [2.05, 4.69) is 6.92 Å². The highest BCUT2D eigenvalue weighted by Crippen LogP contribution is 2.21. The lowest BCUT2D eigenvalue weighted by molar-refractivity contribution is -0.143. The molecule has 0 atom stereocenters. The maximum atomic E-state index is 13.1. The van der Waals surface area contributed by atoms with Gasteiger partial charge in [-0.2, -0.15) is 4.31 Å². The number of rotatable bonds is 11. The lowest BCUT2D eigenvalue weighted by atomic mass is 10.2. The summed E-state index contributed by atoms with van der Waals surface area (Å²) in [5.41, 5.74) is 0.787. The average Bonchev–Trinajstić information content (AvgIpc) is 2.69. The van der Waals surface area contributed by atoms with Crippen LogP contribution in [0.15, 0.2) is 59.5 Å². The quantitative estimate of drug-likeness (QED) is 0.422. The summed E-state index contributed by atoms with van der Waals surface area (Å²) in [7, 11) is -3.88. The molecule has 0 saturated carbocycles. The third-order valence-corrected chi connectivity index (χ3v) is 5.85. The highest BCUT2D eigenvalue weighted by atomic mass is 32.2. The summed E-state index contributed by atoms with van der Waals surface area (Å²) in [6.07, 6.45) is 1.96. The van der Waals surface area contributed by atoms with Gasteiger partial charge in [0.1, 0.15) is 12.3 Å². The van der Waals surface area contributed by atoms with Crippen molar-refractivity contribution in [1.29, 1.82) is 0 Å². The van der Waals surface area contributed by atoms with Crippen LogP contribution < -0.4 is 4.74 Å². The van der Waals surface area contributed by atoms with E-state index >= 15 is 0 Å². The van der Waals surface area contributed by atoms with E-state index in [4.69, 9.17) is 9.47 Å². The molecule has 0 unspecified atom stereocenters. The van der Waals surface area contributed by atoms with Gasteiger partial charge in [0, 0.05) is 6.54 Å². The fraction of sp³-hybridized carbons (Fsp3) is 0.381. The summed E-state index contributed by atoms with van der Waals surface area (Å²) in [4.78, 5) is 12.1. The van der Waals surface area contributed by atoms with E-state index in [9.17, 15) is 13.2 Å². The maximum absolute atomic E-state index is 13.1. The first-order valence-corrected chi connectivity index (χ1v) is 10.8. The van der Waals surface area contributed by atoms with Gasteiger partial charge >= 0.3 is 5.97 Å². The summed E-state index contributed by atoms with van der Waals surface area (Å²) >= 11 is 0. The number of carbonyl (C=O) groups excluding carboxylic acids is 1. The van der Waals surface area contributed by atoms with Crippen LogP contribution in [-0.4, -0.2) is 38.5 Å². The fourth-order valence-electron chi connectivity index (χ4n) is 2.55. The van der Waals surface area contributed by atoms with Crippen molar-refractivity contribution >= 4 is 16.0 Å². The van der Waals surface area contributed by atoms with E-state index in [1.807, 2.05) is 30.3 Å². The first kappa shape index (κ1) is 21.9. The highest BCUT2D eigenvalue weighted by molar-refractivity contribution is 7.89. The van der Waals surface area contributed by atoms with Crippen LogP contribution in [-0.2, 0) is 26.1 Å². The molecular formula is C21H27NO5S. The largest absolute Gasteiger partial charge is 0.494 e. The first-order chi connectivity index (χ1) is 13.5. The van der Waals surface area contributed by atoms with Crippen molar-refractivity contribution in [2.24, 2.45) is 0 Å². The SMILES string of the molecule is CCCCOc1ccc(S(=O)(=O)N(CC(=O)OCC)Cc2ccccc2)cc1. The van der Waals surface area contributed by atoms with Crippen LogP contribution in [0.1, 0.15) is 32.3 Å². The van der Waals surface area contributed by atoms with Gasteiger partial charge in [0.25, 0.3) is 0 Å². The van der Waals surface area contributed by atoms with E-state index in [0.717, 1.165) is 22.7 Å². The first-order valence-electron chi connectivity index (χ1n) is 9.40. The third-order valence-electron chi connectivity index (χ3n) is 4.04. The minimum absolute atomic E-state index is 0.0801. The van der Waals surface area contributed by atoms with Crippen molar-refractivity contribution in [3.05, 3.63) is 60.2 Å². The Hall–Kier alpha value is -2.38. The van der Waals surface area contributed by atoms with E-state index < -0.39 is 16.0 Å². The van der Waals surface area contributed by atoms with Gasteiger partial charge in [0.2, 0.25) is 10.0 Å². The molecule has 6 nitrogen and oxygen atoms in total. The molecule has 28 heavy (non-hydrogen) atoms. The van der Waals surface area contributed by atoms with Crippen molar-refractivity contribution in [2.75, 3.05) is 19.8 Å². The van der Waals surface area contributed by atoms with Crippen LogP contribution in [0.2, 0.25) is 0 Å². The molecule has 0 aliphatic rings. The van der Waals surface area contributed by atoms with Gasteiger partial charge < -0.3 is 9.47 Å². The lowest BCUT2D eigenvalue weighted by Gasteiger charge is -2.21. The van der Waals surface area contributed by atoms with Gasteiger partial charge in [-0.15, -0.1) is 0 Å².